The fourth-order valence-corrected chi connectivity index (χ4v) is 4.53. The molecule has 0 aromatic heterocycles. The topological polar surface area (TPSA) is 75.7 Å². The van der Waals surface area contributed by atoms with Gasteiger partial charge < -0.3 is 10.1 Å². The van der Waals surface area contributed by atoms with E-state index in [9.17, 15) is 13.2 Å². The molecule has 0 heterocycles. The summed E-state index contributed by atoms with van der Waals surface area (Å²) in [6, 6.07) is 19.7. The fraction of sp³-hybridized carbons (Fsp3) is 0.208. The number of hydrogen-bond donors (Lipinski definition) is 1. The molecule has 0 bridgehead atoms. The molecule has 3 aromatic rings. The molecule has 6 nitrogen and oxygen atoms in total. The van der Waals surface area contributed by atoms with Gasteiger partial charge in [-0.2, -0.15) is 0 Å². The van der Waals surface area contributed by atoms with Crippen LogP contribution in [0.3, 0.4) is 0 Å². The molecule has 0 atom stereocenters. The Morgan fingerprint density at radius 2 is 1.56 bits per heavy atom. The Bertz CT molecular complexity index is 1160. The van der Waals surface area contributed by atoms with Gasteiger partial charge in [-0.1, -0.05) is 29.3 Å². The van der Waals surface area contributed by atoms with Crippen molar-refractivity contribution >= 4 is 38.9 Å². The summed E-state index contributed by atoms with van der Waals surface area (Å²) >= 11 is 5.91. The number of nitrogens with one attached hydrogen (secondary N) is 1. The van der Waals surface area contributed by atoms with Crippen LogP contribution in [0, 0.1) is 6.92 Å². The molecule has 0 aliphatic carbocycles. The van der Waals surface area contributed by atoms with E-state index < -0.39 is 22.5 Å². The number of amides is 1. The van der Waals surface area contributed by atoms with Crippen molar-refractivity contribution in [3.63, 3.8) is 0 Å². The highest BCUT2D eigenvalue weighted by Gasteiger charge is 2.27. The molecule has 1 N–H and O–H groups in total. The summed E-state index contributed by atoms with van der Waals surface area (Å²) in [6.07, 6.45) is 0.0385. The molecule has 8 heteroatoms. The summed E-state index contributed by atoms with van der Waals surface area (Å²) in [5, 5.41) is 3.17. The quantitative estimate of drug-likeness (QED) is 0.484. The maximum atomic E-state index is 13.4. The maximum absolute atomic E-state index is 13.4. The predicted octanol–water partition coefficient (Wildman–Crippen LogP) is 5.27. The first kappa shape index (κ1) is 23.6. The van der Waals surface area contributed by atoms with E-state index in [1.165, 1.54) is 24.3 Å². The lowest BCUT2D eigenvalue weighted by atomic mass is 10.2. The molecule has 168 valence electrons. The molecule has 0 saturated heterocycles. The Hall–Kier alpha value is -3.03. The van der Waals surface area contributed by atoms with Crippen molar-refractivity contribution in [1.29, 1.82) is 0 Å². The summed E-state index contributed by atoms with van der Waals surface area (Å²) in [7, 11) is -4.00. The summed E-state index contributed by atoms with van der Waals surface area (Å²) in [5.41, 5.74) is 1.91. The molecule has 3 rings (SSSR count). The van der Waals surface area contributed by atoms with Gasteiger partial charge in [0.1, 0.15) is 12.3 Å². The summed E-state index contributed by atoms with van der Waals surface area (Å²) in [6.45, 7) is 5.37. The van der Waals surface area contributed by atoms with Crippen LogP contribution in [0.15, 0.2) is 77.7 Å². The van der Waals surface area contributed by atoms with Gasteiger partial charge in [-0.3, -0.25) is 9.10 Å². The summed E-state index contributed by atoms with van der Waals surface area (Å²) in [5.74, 6) is 0.213. The predicted molar refractivity (Wildman–Crippen MR) is 128 cm³/mol. The minimum absolute atomic E-state index is 0.0385. The molecular weight excluding hydrogens is 448 g/mol. The number of carbonyl (C=O) groups excluding carboxylic acids is 1. The fourth-order valence-electron chi connectivity index (χ4n) is 2.98. The zero-order valence-electron chi connectivity index (χ0n) is 18.1. The number of carbonyl (C=O) groups is 1. The second-order valence-electron chi connectivity index (χ2n) is 7.54. The molecular formula is C24H25ClN2O4S. The van der Waals surface area contributed by atoms with Gasteiger partial charge >= 0.3 is 0 Å². The normalized spacial score (nSPS) is 11.3. The van der Waals surface area contributed by atoms with E-state index in [4.69, 9.17) is 16.3 Å². The van der Waals surface area contributed by atoms with Crippen LogP contribution in [0.1, 0.15) is 19.4 Å². The molecule has 0 radical (unpaired) electrons. The van der Waals surface area contributed by atoms with E-state index in [1.807, 2.05) is 20.8 Å². The van der Waals surface area contributed by atoms with Crippen molar-refractivity contribution < 1.29 is 17.9 Å². The van der Waals surface area contributed by atoms with Gasteiger partial charge in [0.15, 0.2) is 0 Å². The van der Waals surface area contributed by atoms with Gasteiger partial charge in [-0.15, -0.1) is 0 Å². The minimum atomic E-state index is -4.00. The first-order valence-electron chi connectivity index (χ1n) is 10.1. The second kappa shape index (κ2) is 10.1. The van der Waals surface area contributed by atoms with Crippen LogP contribution in [0.5, 0.6) is 5.75 Å². The third kappa shape index (κ3) is 6.02. The van der Waals surface area contributed by atoms with E-state index in [1.54, 1.807) is 48.5 Å². The lowest BCUT2D eigenvalue weighted by Crippen LogP contribution is -2.38. The zero-order valence-corrected chi connectivity index (χ0v) is 19.7. The first-order chi connectivity index (χ1) is 15.1. The Balaban J connectivity index is 1.84. The van der Waals surface area contributed by atoms with E-state index in [-0.39, 0.29) is 11.0 Å². The number of aryl methyl sites for hydroxylation is 1. The molecule has 0 aliphatic rings. The van der Waals surface area contributed by atoms with Crippen LogP contribution < -0.4 is 14.4 Å². The van der Waals surface area contributed by atoms with Gasteiger partial charge in [0.25, 0.3) is 10.0 Å². The molecule has 0 fully saturated rings. The van der Waals surface area contributed by atoms with Crippen molar-refractivity contribution in [3.8, 4) is 5.75 Å². The smallest absolute Gasteiger partial charge is 0.264 e. The molecule has 0 saturated carbocycles. The maximum Gasteiger partial charge on any atom is 0.264 e. The largest absolute Gasteiger partial charge is 0.491 e. The van der Waals surface area contributed by atoms with Crippen LogP contribution in [0.4, 0.5) is 11.4 Å². The highest BCUT2D eigenvalue weighted by atomic mass is 35.5. The molecule has 0 aliphatic heterocycles. The van der Waals surface area contributed by atoms with E-state index in [2.05, 4.69) is 5.32 Å². The van der Waals surface area contributed by atoms with Gasteiger partial charge in [-0.25, -0.2) is 8.42 Å². The van der Waals surface area contributed by atoms with Crippen LogP contribution in [-0.4, -0.2) is 27.0 Å². The van der Waals surface area contributed by atoms with Crippen molar-refractivity contribution in [3.05, 3.63) is 83.4 Å². The summed E-state index contributed by atoms with van der Waals surface area (Å²) < 4.78 is 33.4. The number of sulfonamides is 1. The average molecular weight is 473 g/mol. The van der Waals surface area contributed by atoms with Crippen molar-refractivity contribution in [1.82, 2.24) is 0 Å². The van der Waals surface area contributed by atoms with Gasteiger partial charge in [0.05, 0.1) is 16.7 Å². The first-order valence-corrected chi connectivity index (χ1v) is 11.9. The van der Waals surface area contributed by atoms with Crippen LogP contribution in [0.25, 0.3) is 0 Å². The lowest BCUT2D eigenvalue weighted by Gasteiger charge is -2.24. The SMILES string of the molecule is Cc1ccc(N(CC(=O)Nc2ccc(OC(C)C)cc2)S(=O)(=O)c2ccc(Cl)cc2)cc1. The number of hydrogen-bond acceptors (Lipinski definition) is 4. The van der Waals surface area contributed by atoms with E-state index >= 15 is 0 Å². The van der Waals surface area contributed by atoms with Crippen molar-refractivity contribution in [2.24, 2.45) is 0 Å². The average Bonchev–Trinajstić information content (AvgIpc) is 2.74. The second-order valence-corrected chi connectivity index (χ2v) is 9.84. The monoisotopic (exact) mass is 472 g/mol. The molecule has 0 unspecified atom stereocenters. The lowest BCUT2D eigenvalue weighted by molar-refractivity contribution is -0.114. The van der Waals surface area contributed by atoms with Gasteiger partial charge in [0.2, 0.25) is 5.91 Å². The Labute approximate surface area is 193 Å². The highest BCUT2D eigenvalue weighted by molar-refractivity contribution is 7.92. The molecule has 1 amide bonds. The number of nitrogens with zero attached hydrogens (tertiary/aromatic N) is 1. The standard InChI is InChI=1S/C24H25ClN2O4S/c1-17(2)31-22-12-8-20(9-13-22)26-24(28)16-27(21-10-4-18(3)5-11-21)32(29,30)23-14-6-19(25)7-15-23/h4-15,17H,16H2,1-3H3,(H,26,28). The van der Waals surface area contributed by atoms with Gasteiger partial charge in [0, 0.05) is 10.7 Å². The molecule has 0 spiro atoms. The molecule has 3 aromatic carbocycles. The Morgan fingerprint density at radius 3 is 2.12 bits per heavy atom. The minimum Gasteiger partial charge on any atom is -0.491 e. The Kier molecular flexibility index (Phi) is 7.43. The highest BCUT2D eigenvalue weighted by Crippen LogP contribution is 2.25. The third-order valence-corrected chi connectivity index (χ3v) is 6.56. The van der Waals surface area contributed by atoms with Crippen LogP contribution in [0.2, 0.25) is 5.02 Å². The van der Waals surface area contributed by atoms with Crippen LogP contribution >= 0.6 is 11.6 Å². The van der Waals surface area contributed by atoms with Gasteiger partial charge in [-0.05, 0) is 81.4 Å². The zero-order chi connectivity index (χ0) is 23.3. The van der Waals surface area contributed by atoms with E-state index in [0.717, 1.165) is 9.87 Å². The summed E-state index contributed by atoms with van der Waals surface area (Å²) in [4.78, 5) is 12.8. The van der Waals surface area contributed by atoms with Crippen molar-refractivity contribution in [2.75, 3.05) is 16.2 Å². The molecule has 32 heavy (non-hydrogen) atoms. The number of benzene rings is 3. The number of rotatable bonds is 8. The number of anilines is 2. The van der Waals surface area contributed by atoms with Crippen molar-refractivity contribution in [2.45, 2.75) is 31.8 Å². The van der Waals surface area contributed by atoms with E-state index in [0.29, 0.717) is 22.1 Å². The third-order valence-electron chi connectivity index (χ3n) is 4.52. The number of halogens is 1. The number of ether oxygens (including phenoxy) is 1. The van der Waals surface area contributed by atoms with Crippen LogP contribution in [-0.2, 0) is 14.8 Å². The Morgan fingerprint density at radius 1 is 0.969 bits per heavy atom.